The third-order valence-corrected chi connectivity index (χ3v) is 2.46. The van der Waals surface area contributed by atoms with Gasteiger partial charge in [0.05, 0.1) is 0 Å². The molecule has 0 saturated carbocycles. The Bertz CT molecular complexity index is 307. The summed E-state index contributed by atoms with van der Waals surface area (Å²) in [7, 11) is 0. The van der Waals surface area contributed by atoms with Crippen LogP contribution in [0.15, 0.2) is 31.0 Å². The van der Waals surface area contributed by atoms with E-state index in [2.05, 4.69) is 22.9 Å². The maximum atomic E-state index is 4.38. The van der Waals surface area contributed by atoms with Gasteiger partial charge in [0.25, 0.3) is 0 Å². The standard InChI is InChI=1S/C11H14N2/c1-2-4-10-9-5-3-7-12-11(9)6-8-13-10/h2-3,5,7,10,13H,1,4,6,8H2. The lowest BCUT2D eigenvalue weighted by atomic mass is 9.97. The van der Waals surface area contributed by atoms with Crippen LogP contribution in [-0.2, 0) is 6.42 Å². The molecule has 1 N–H and O–H groups in total. The first-order valence-corrected chi connectivity index (χ1v) is 4.70. The third kappa shape index (κ3) is 1.63. The Kier molecular flexibility index (Phi) is 2.41. The van der Waals surface area contributed by atoms with E-state index in [0.29, 0.717) is 6.04 Å². The van der Waals surface area contributed by atoms with Crippen molar-refractivity contribution in [2.75, 3.05) is 6.54 Å². The van der Waals surface area contributed by atoms with Crippen molar-refractivity contribution in [1.82, 2.24) is 10.3 Å². The molecule has 1 aromatic heterocycles. The molecule has 0 amide bonds. The summed E-state index contributed by atoms with van der Waals surface area (Å²) < 4.78 is 0. The van der Waals surface area contributed by atoms with E-state index < -0.39 is 0 Å². The molecule has 2 nitrogen and oxygen atoms in total. The zero-order chi connectivity index (χ0) is 9.10. The van der Waals surface area contributed by atoms with Gasteiger partial charge < -0.3 is 5.32 Å². The average Bonchev–Trinajstić information content (AvgIpc) is 2.19. The molecule has 1 unspecified atom stereocenters. The first kappa shape index (κ1) is 8.45. The summed E-state index contributed by atoms with van der Waals surface area (Å²) >= 11 is 0. The molecule has 2 heterocycles. The van der Waals surface area contributed by atoms with E-state index in [1.165, 1.54) is 11.3 Å². The van der Waals surface area contributed by atoms with E-state index in [9.17, 15) is 0 Å². The summed E-state index contributed by atoms with van der Waals surface area (Å²) in [5.41, 5.74) is 2.58. The number of nitrogens with one attached hydrogen (secondary N) is 1. The largest absolute Gasteiger partial charge is 0.309 e. The zero-order valence-corrected chi connectivity index (χ0v) is 7.66. The smallest absolute Gasteiger partial charge is 0.0464 e. The number of hydrogen-bond acceptors (Lipinski definition) is 2. The summed E-state index contributed by atoms with van der Waals surface area (Å²) in [6.45, 7) is 4.80. The van der Waals surface area contributed by atoms with Gasteiger partial charge in [0, 0.05) is 30.9 Å². The van der Waals surface area contributed by atoms with Gasteiger partial charge in [0.2, 0.25) is 0 Å². The SMILES string of the molecule is C=CCC1NCCc2ncccc21. The number of hydrogen-bond donors (Lipinski definition) is 1. The molecule has 0 fully saturated rings. The molecule has 2 heteroatoms. The fourth-order valence-corrected chi connectivity index (χ4v) is 1.83. The number of fused-ring (bicyclic) bond motifs is 1. The second kappa shape index (κ2) is 3.71. The van der Waals surface area contributed by atoms with Gasteiger partial charge in [0.15, 0.2) is 0 Å². The van der Waals surface area contributed by atoms with Crippen molar-refractivity contribution in [3.05, 3.63) is 42.2 Å². The summed E-state index contributed by atoms with van der Waals surface area (Å²) in [5.74, 6) is 0. The van der Waals surface area contributed by atoms with Crippen LogP contribution in [-0.4, -0.2) is 11.5 Å². The van der Waals surface area contributed by atoms with Crippen LogP contribution >= 0.6 is 0 Å². The molecule has 1 aliphatic rings. The van der Waals surface area contributed by atoms with Crippen LogP contribution in [0.2, 0.25) is 0 Å². The zero-order valence-electron chi connectivity index (χ0n) is 7.66. The van der Waals surface area contributed by atoms with Crippen LogP contribution < -0.4 is 5.32 Å². The van der Waals surface area contributed by atoms with Crippen molar-refractivity contribution in [2.24, 2.45) is 0 Å². The number of nitrogens with zero attached hydrogens (tertiary/aromatic N) is 1. The topological polar surface area (TPSA) is 24.9 Å². The molecule has 0 bridgehead atoms. The van der Waals surface area contributed by atoms with Gasteiger partial charge in [-0.2, -0.15) is 0 Å². The molecule has 1 aromatic rings. The van der Waals surface area contributed by atoms with Crippen molar-refractivity contribution in [3.8, 4) is 0 Å². The molecular formula is C11H14N2. The Hall–Kier alpha value is -1.15. The maximum Gasteiger partial charge on any atom is 0.0464 e. The van der Waals surface area contributed by atoms with E-state index in [-0.39, 0.29) is 0 Å². The van der Waals surface area contributed by atoms with Gasteiger partial charge in [-0.3, -0.25) is 4.98 Å². The van der Waals surface area contributed by atoms with E-state index in [4.69, 9.17) is 0 Å². The third-order valence-electron chi connectivity index (χ3n) is 2.46. The molecule has 0 aliphatic carbocycles. The normalized spacial score (nSPS) is 20.8. The predicted molar refractivity (Wildman–Crippen MR) is 53.5 cm³/mol. The molecule has 0 saturated heterocycles. The van der Waals surface area contributed by atoms with Gasteiger partial charge in [-0.15, -0.1) is 6.58 Å². The monoisotopic (exact) mass is 174 g/mol. The highest BCUT2D eigenvalue weighted by atomic mass is 14.9. The highest BCUT2D eigenvalue weighted by Gasteiger charge is 2.18. The predicted octanol–water partition coefficient (Wildman–Crippen LogP) is 1.84. The van der Waals surface area contributed by atoms with Crippen molar-refractivity contribution in [2.45, 2.75) is 18.9 Å². The average molecular weight is 174 g/mol. The number of pyridine rings is 1. The minimum Gasteiger partial charge on any atom is -0.309 e. The lowest BCUT2D eigenvalue weighted by Crippen LogP contribution is -2.30. The van der Waals surface area contributed by atoms with E-state index in [1.54, 1.807) is 0 Å². The van der Waals surface area contributed by atoms with Crippen molar-refractivity contribution < 1.29 is 0 Å². The van der Waals surface area contributed by atoms with Crippen LogP contribution in [0.4, 0.5) is 0 Å². The van der Waals surface area contributed by atoms with E-state index in [0.717, 1.165) is 19.4 Å². The van der Waals surface area contributed by atoms with E-state index in [1.807, 2.05) is 18.3 Å². The Morgan fingerprint density at radius 1 is 1.69 bits per heavy atom. The Balaban J connectivity index is 2.31. The van der Waals surface area contributed by atoms with Crippen molar-refractivity contribution in [1.29, 1.82) is 0 Å². The Morgan fingerprint density at radius 2 is 2.62 bits per heavy atom. The molecule has 13 heavy (non-hydrogen) atoms. The Labute approximate surface area is 78.7 Å². The fraction of sp³-hybridized carbons (Fsp3) is 0.364. The van der Waals surface area contributed by atoms with Gasteiger partial charge in [-0.05, 0) is 18.1 Å². The minimum atomic E-state index is 0.426. The molecule has 0 aromatic carbocycles. The molecule has 2 rings (SSSR count). The van der Waals surface area contributed by atoms with Crippen molar-refractivity contribution in [3.63, 3.8) is 0 Å². The Morgan fingerprint density at radius 3 is 3.46 bits per heavy atom. The highest BCUT2D eigenvalue weighted by Crippen LogP contribution is 2.23. The number of aromatic nitrogens is 1. The van der Waals surface area contributed by atoms with Crippen LogP contribution in [0, 0.1) is 0 Å². The van der Waals surface area contributed by atoms with Gasteiger partial charge in [0.1, 0.15) is 0 Å². The van der Waals surface area contributed by atoms with Gasteiger partial charge >= 0.3 is 0 Å². The summed E-state index contributed by atoms with van der Waals surface area (Å²) in [4.78, 5) is 4.38. The van der Waals surface area contributed by atoms with Crippen LogP contribution in [0.5, 0.6) is 0 Å². The lowest BCUT2D eigenvalue weighted by Gasteiger charge is -2.24. The maximum absolute atomic E-state index is 4.38. The summed E-state index contributed by atoms with van der Waals surface area (Å²) in [5, 5.41) is 3.46. The molecule has 1 atom stereocenters. The van der Waals surface area contributed by atoms with Gasteiger partial charge in [-0.1, -0.05) is 12.1 Å². The van der Waals surface area contributed by atoms with Crippen LogP contribution in [0.25, 0.3) is 0 Å². The summed E-state index contributed by atoms with van der Waals surface area (Å²) in [6, 6.07) is 4.58. The molecule has 68 valence electrons. The van der Waals surface area contributed by atoms with Crippen LogP contribution in [0.1, 0.15) is 23.7 Å². The first-order valence-electron chi connectivity index (χ1n) is 4.70. The second-order valence-corrected chi connectivity index (χ2v) is 3.32. The molecular weight excluding hydrogens is 160 g/mol. The molecule has 0 spiro atoms. The van der Waals surface area contributed by atoms with Crippen molar-refractivity contribution >= 4 is 0 Å². The van der Waals surface area contributed by atoms with Gasteiger partial charge in [-0.25, -0.2) is 0 Å². The fourth-order valence-electron chi connectivity index (χ4n) is 1.83. The molecule has 0 radical (unpaired) electrons. The quantitative estimate of drug-likeness (QED) is 0.692. The molecule has 1 aliphatic heterocycles. The second-order valence-electron chi connectivity index (χ2n) is 3.32. The lowest BCUT2D eigenvalue weighted by molar-refractivity contribution is 0.502. The first-order chi connectivity index (χ1) is 6.42. The minimum absolute atomic E-state index is 0.426. The number of rotatable bonds is 2. The summed E-state index contributed by atoms with van der Waals surface area (Å²) in [6.07, 6.45) is 5.86. The highest BCUT2D eigenvalue weighted by molar-refractivity contribution is 5.26. The van der Waals surface area contributed by atoms with E-state index >= 15 is 0 Å². The van der Waals surface area contributed by atoms with Crippen LogP contribution in [0.3, 0.4) is 0 Å².